The van der Waals surface area contributed by atoms with Gasteiger partial charge in [0, 0.05) is 23.4 Å². The van der Waals surface area contributed by atoms with Crippen molar-refractivity contribution in [3.05, 3.63) is 29.2 Å². The Labute approximate surface area is 76.6 Å². The molecule has 0 aliphatic heterocycles. The van der Waals surface area contributed by atoms with E-state index in [9.17, 15) is 0 Å². The molecule has 0 radical (unpaired) electrons. The van der Waals surface area contributed by atoms with Gasteiger partial charge in [-0.05, 0) is 0 Å². The van der Waals surface area contributed by atoms with Crippen LogP contribution in [0.4, 0.5) is 0 Å². The predicted octanol–water partition coefficient (Wildman–Crippen LogP) is 1.87. The Kier molecular flexibility index (Phi) is 3.00. The Balaban J connectivity index is 2.66. The summed E-state index contributed by atoms with van der Waals surface area (Å²) < 4.78 is 0. The molecule has 0 saturated carbocycles. The molecule has 1 aromatic heterocycles. The van der Waals surface area contributed by atoms with E-state index in [2.05, 4.69) is 11.6 Å². The largest absolute Gasteiger partial charge is 0.395 e. The van der Waals surface area contributed by atoms with E-state index in [1.165, 1.54) is 0 Å². The van der Waals surface area contributed by atoms with Crippen LogP contribution in [-0.2, 0) is 6.42 Å². The van der Waals surface area contributed by atoms with Gasteiger partial charge in [0.05, 0.1) is 11.6 Å². The van der Waals surface area contributed by atoms with Crippen molar-refractivity contribution in [3.63, 3.8) is 0 Å². The zero-order chi connectivity index (χ0) is 9.03. The summed E-state index contributed by atoms with van der Waals surface area (Å²) in [6, 6.07) is 0. The lowest BCUT2D eigenvalue weighted by Gasteiger charge is -2.20. The van der Waals surface area contributed by atoms with Gasteiger partial charge >= 0.3 is 0 Å². The minimum absolute atomic E-state index is 0.121. The Morgan fingerprint density at radius 2 is 2.58 bits per heavy atom. The minimum Gasteiger partial charge on any atom is -0.395 e. The van der Waals surface area contributed by atoms with Crippen LogP contribution in [0.1, 0.15) is 11.9 Å². The lowest BCUT2D eigenvalue weighted by molar-refractivity contribution is 0.184. The maximum absolute atomic E-state index is 9.09. The van der Waals surface area contributed by atoms with Gasteiger partial charge in [0.1, 0.15) is 0 Å². The molecule has 1 atom stereocenters. The summed E-state index contributed by atoms with van der Waals surface area (Å²) in [4.78, 5) is 4.16. The second-order valence-electron chi connectivity index (χ2n) is 3.12. The molecule has 0 aromatic carbocycles. The fourth-order valence-corrected chi connectivity index (χ4v) is 1.69. The van der Waals surface area contributed by atoms with E-state index in [-0.39, 0.29) is 12.0 Å². The maximum atomic E-state index is 9.09. The van der Waals surface area contributed by atoms with Crippen LogP contribution in [0.15, 0.2) is 24.2 Å². The fourth-order valence-electron chi connectivity index (χ4n) is 0.878. The second kappa shape index (κ2) is 3.83. The second-order valence-corrected chi connectivity index (χ2v) is 4.10. The average Bonchev–Trinajstić information content (AvgIpc) is 2.57. The van der Waals surface area contributed by atoms with Gasteiger partial charge in [-0.25, -0.2) is 4.98 Å². The summed E-state index contributed by atoms with van der Waals surface area (Å²) in [7, 11) is 0. The van der Waals surface area contributed by atoms with Gasteiger partial charge in [-0.2, -0.15) is 0 Å². The van der Waals surface area contributed by atoms with Crippen molar-refractivity contribution in [1.82, 2.24) is 4.98 Å². The third-order valence-electron chi connectivity index (χ3n) is 1.89. The fraction of sp³-hybridized carbons (Fsp3) is 0.444. The van der Waals surface area contributed by atoms with Crippen molar-refractivity contribution < 1.29 is 5.11 Å². The Bertz CT molecular complexity index is 245. The van der Waals surface area contributed by atoms with E-state index in [1.807, 2.05) is 12.3 Å². The van der Waals surface area contributed by atoms with Gasteiger partial charge in [0.15, 0.2) is 0 Å². The van der Waals surface area contributed by atoms with Gasteiger partial charge in [-0.1, -0.05) is 13.0 Å². The zero-order valence-electron chi connectivity index (χ0n) is 7.16. The Morgan fingerprint density at radius 3 is 3.00 bits per heavy atom. The van der Waals surface area contributed by atoms with Crippen molar-refractivity contribution in [2.45, 2.75) is 13.3 Å². The highest BCUT2D eigenvalue weighted by Crippen LogP contribution is 2.23. The lowest BCUT2D eigenvalue weighted by atomic mass is 9.88. The number of nitrogens with zero attached hydrogens (tertiary/aromatic N) is 1. The first-order valence-electron chi connectivity index (χ1n) is 3.83. The van der Waals surface area contributed by atoms with Gasteiger partial charge in [-0.3, -0.25) is 0 Å². The summed E-state index contributed by atoms with van der Waals surface area (Å²) in [5.41, 5.74) is -0.224. The average molecular weight is 183 g/mol. The van der Waals surface area contributed by atoms with Crippen LogP contribution in [0, 0.1) is 5.41 Å². The molecular weight excluding hydrogens is 170 g/mol. The number of rotatable bonds is 4. The van der Waals surface area contributed by atoms with Gasteiger partial charge in [0.25, 0.3) is 0 Å². The van der Waals surface area contributed by atoms with Crippen molar-refractivity contribution >= 4 is 11.3 Å². The summed E-state index contributed by atoms with van der Waals surface area (Å²) in [6.07, 6.45) is 4.33. The molecule has 1 aromatic rings. The van der Waals surface area contributed by atoms with E-state index in [4.69, 9.17) is 5.11 Å². The SMILES string of the molecule is C=CC(C)(CO)Cc1nccs1. The number of thiazole rings is 1. The lowest BCUT2D eigenvalue weighted by Crippen LogP contribution is -2.20. The number of aromatic nitrogens is 1. The van der Waals surface area contributed by atoms with Crippen molar-refractivity contribution in [1.29, 1.82) is 0 Å². The highest BCUT2D eigenvalue weighted by Gasteiger charge is 2.20. The van der Waals surface area contributed by atoms with Crippen LogP contribution in [0.3, 0.4) is 0 Å². The number of aliphatic hydroxyl groups is 1. The first-order valence-corrected chi connectivity index (χ1v) is 4.71. The van der Waals surface area contributed by atoms with Gasteiger partial charge < -0.3 is 5.11 Å². The number of hydrogen-bond donors (Lipinski definition) is 1. The van der Waals surface area contributed by atoms with Crippen molar-refractivity contribution in [3.8, 4) is 0 Å². The summed E-state index contributed by atoms with van der Waals surface area (Å²) in [6.45, 7) is 5.80. The third kappa shape index (κ3) is 2.16. The monoisotopic (exact) mass is 183 g/mol. The van der Waals surface area contributed by atoms with Crippen LogP contribution in [0.25, 0.3) is 0 Å². The Morgan fingerprint density at radius 1 is 1.83 bits per heavy atom. The summed E-state index contributed by atoms with van der Waals surface area (Å²) in [5, 5.41) is 12.1. The minimum atomic E-state index is -0.224. The zero-order valence-corrected chi connectivity index (χ0v) is 7.97. The first-order chi connectivity index (χ1) is 5.70. The molecule has 0 saturated heterocycles. The highest BCUT2D eigenvalue weighted by atomic mass is 32.1. The van der Waals surface area contributed by atoms with E-state index >= 15 is 0 Å². The van der Waals surface area contributed by atoms with Crippen molar-refractivity contribution in [2.75, 3.05) is 6.61 Å². The predicted molar refractivity (Wildman–Crippen MR) is 51.2 cm³/mol. The van der Waals surface area contributed by atoms with Crippen LogP contribution in [0.5, 0.6) is 0 Å². The van der Waals surface area contributed by atoms with Crippen LogP contribution < -0.4 is 0 Å². The molecule has 0 bridgehead atoms. The topological polar surface area (TPSA) is 33.1 Å². The molecule has 0 aliphatic rings. The first kappa shape index (κ1) is 9.42. The smallest absolute Gasteiger partial charge is 0.0934 e. The van der Waals surface area contributed by atoms with E-state index in [0.29, 0.717) is 0 Å². The molecule has 12 heavy (non-hydrogen) atoms. The molecule has 1 unspecified atom stereocenters. The number of aliphatic hydroxyl groups excluding tert-OH is 1. The molecule has 0 fully saturated rings. The molecule has 0 spiro atoms. The van der Waals surface area contributed by atoms with E-state index < -0.39 is 0 Å². The summed E-state index contributed by atoms with van der Waals surface area (Å²) in [5.74, 6) is 0. The maximum Gasteiger partial charge on any atom is 0.0934 e. The Hall–Kier alpha value is -0.670. The van der Waals surface area contributed by atoms with E-state index in [1.54, 1.807) is 23.6 Å². The molecule has 2 nitrogen and oxygen atoms in total. The molecule has 1 N–H and O–H groups in total. The van der Waals surface area contributed by atoms with Crippen LogP contribution in [0.2, 0.25) is 0 Å². The van der Waals surface area contributed by atoms with E-state index in [0.717, 1.165) is 11.4 Å². The van der Waals surface area contributed by atoms with Gasteiger partial charge in [-0.15, -0.1) is 17.9 Å². The summed E-state index contributed by atoms with van der Waals surface area (Å²) >= 11 is 1.61. The van der Waals surface area contributed by atoms with Gasteiger partial charge in [0.2, 0.25) is 0 Å². The molecule has 1 rings (SSSR count). The number of hydrogen-bond acceptors (Lipinski definition) is 3. The molecule has 0 amide bonds. The quantitative estimate of drug-likeness (QED) is 0.723. The molecule has 66 valence electrons. The highest BCUT2D eigenvalue weighted by molar-refractivity contribution is 7.09. The van der Waals surface area contributed by atoms with Crippen LogP contribution >= 0.6 is 11.3 Å². The molecular formula is C9H13NOS. The van der Waals surface area contributed by atoms with Crippen LogP contribution in [-0.4, -0.2) is 16.7 Å². The standard InChI is InChI=1S/C9H13NOS/c1-3-9(2,7-11)6-8-10-4-5-12-8/h3-5,11H,1,6-7H2,2H3. The van der Waals surface area contributed by atoms with Crippen molar-refractivity contribution in [2.24, 2.45) is 5.41 Å². The molecule has 3 heteroatoms. The normalized spacial score (nSPS) is 15.5. The molecule has 1 heterocycles. The third-order valence-corrected chi connectivity index (χ3v) is 2.67. The molecule has 0 aliphatic carbocycles.